The van der Waals surface area contributed by atoms with Crippen LogP contribution in [-0.4, -0.2) is 29.5 Å². The van der Waals surface area contributed by atoms with E-state index in [1.54, 1.807) is 0 Å². The molecule has 0 aliphatic heterocycles. The third-order valence-electron chi connectivity index (χ3n) is 2.81. The Morgan fingerprint density at radius 2 is 1.16 bits per heavy atom. The van der Waals surface area contributed by atoms with Crippen molar-refractivity contribution in [1.82, 2.24) is 0 Å². The molecule has 0 spiro atoms. The van der Waals surface area contributed by atoms with Crippen molar-refractivity contribution in [3.63, 3.8) is 0 Å². The number of aliphatic imine (C=N–C) groups is 1. The van der Waals surface area contributed by atoms with Gasteiger partial charge in [0.15, 0.2) is 5.96 Å². The summed E-state index contributed by atoms with van der Waals surface area (Å²) in [6.45, 7) is 5.11. The van der Waals surface area contributed by atoms with Crippen molar-refractivity contribution in [2.75, 3.05) is 6.54 Å². The van der Waals surface area contributed by atoms with E-state index in [0.29, 0.717) is 0 Å². The summed E-state index contributed by atoms with van der Waals surface area (Å²) in [6, 6.07) is 0. The largest absolute Gasteiger partial charge is 1.00 e. The Kier molecular flexibility index (Phi) is 35.8. The van der Waals surface area contributed by atoms with Crippen molar-refractivity contribution in [2.24, 2.45) is 16.5 Å². The average molecular weight is 369 g/mol. The Morgan fingerprint density at radius 3 is 1.44 bits per heavy atom. The molecule has 5 N–H and O–H groups in total. The number of nitrogens with two attached hydrogens (primary N) is 2. The molecule has 0 fully saturated rings. The van der Waals surface area contributed by atoms with Crippen molar-refractivity contribution in [3.05, 3.63) is 0 Å². The summed E-state index contributed by atoms with van der Waals surface area (Å²) in [5.74, 6) is -1.70. The monoisotopic (exact) mass is 369 g/mol. The first-order valence-electron chi connectivity index (χ1n) is 8.66. The second kappa shape index (κ2) is 28.0. The predicted octanol–water partition coefficient (Wildman–Crippen LogP) is -0.968. The fraction of sp³-hybridized carbons (Fsp3) is 0.824. The van der Waals surface area contributed by atoms with Crippen LogP contribution < -0.4 is 46.1 Å². The van der Waals surface area contributed by atoms with Crippen LogP contribution in [0.3, 0.4) is 0 Å². The summed E-state index contributed by atoms with van der Waals surface area (Å²) in [4.78, 5) is 21.9. The van der Waals surface area contributed by atoms with Gasteiger partial charge in [-0.1, -0.05) is 64.7 Å². The second-order valence-electron chi connectivity index (χ2n) is 5.50. The molecule has 144 valence electrons. The first-order valence-corrected chi connectivity index (χ1v) is 8.66. The van der Waals surface area contributed by atoms with Crippen LogP contribution in [0.4, 0.5) is 0 Å². The Hall–Kier alpha value is -0.790. The van der Waals surface area contributed by atoms with Crippen molar-refractivity contribution in [2.45, 2.75) is 85.0 Å². The van der Waals surface area contributed by atoms with E-state index in [1.807, 2.05) is 0 Å². The summed E-state index contributed by atoms with van der Waals surface area (Å²) in [7, 11) is 0. The zero-order valence-electron chi connectivity index (χ0n) is 16.6. The normalized spacial score (nSPS) is 8.60. The molecule has 7 nitrogen and oxygen atoms in total. The summed E-state index contributed by atoms with van der Waals surface area (Å²) < 4.78 is 0. The minimum absolute atomic E-state index is 0. The van der Waals surface area contributed by atoms with Gasteiger partial charge in [0.1, 0.15) is 0 Å². The van der Waals surface area contributed by atoms with Gasteiger partial charge in [0, 0.05) is 19.4 Å². The quantitative estimate of drug-likeness (QED) is 0.185. The van der Waals surface area contributed by atoms with Crippen LogP contribution in [0.15, 0.2) is 4.99 Å². The molecular weight excluding hydrogens is 333 g/mol. The summed E-state index contributed by atoms with van der Waals surface area (Å²) in [5, 5.41) is 16.3. The van der Waals surface area contributed by atoms with E-state index < -0.39 is 11.9 Å². The molecule has 0 aliphatic rings. The number of nitrogens with zero attached hydrogens (tertiary/aromatic N) is 1. The van der Waals surface area contributed by atoms with Gasteiger partial charge in [0.2, 0.25) is 0 Å². The van der Waals surface area contributed by atoms with Crippen LogP contribution in [0.1, 0.15) is 85.0 Å². The van der Waals surface area contributed by atoms with Gasteiger partial charge in [0.05, 0.1) is 0 Å². The van der Waals surface area contributed by atoms with Crippen LogP contribution in [-0.2, 0) is 9.59 Å². The van der Waals surface area contributed by atoms with Crippen LogP contribution in [0.2, 0.25) is 0 Å². The van der Waals surface area contributed by atoms with E-state index in [2.05, 4.69) is 11.9 Å². The standard InChI is InChI=1S/C13H29N3.2C2H4O2.Na/c1-2-3-4-5-6-7-8-9-10-11-12-16-13(14)15;2*1-2(3)4;/h2-12H2,1H3,(H4,14,15,16);2*1H3,(H,3,4);/q;;;+1/p-1. The van der Waals surface area contributed by atoms with Gasteiger partial charge in [-0.05, 0) is 13.3 Å². The fourth-order valence-electron chi connectivity index (χ4n) is 1.81. The van der Waals surface area contributed by atoms with Gasteiger partial charge in [-0.25, -0.2) is 0 Å². The van der Waals surface area contributed by atoms with Crippen LogP contribution in [0.25, 0.3) is 0 Å². The minimum Gasteiger partial charge on any atom is -0.550 e. The SMILES string of the molecule is CC(=O)O.CC(=O)[O-].CCCCCCCCCCCCN=C(N)N.[Na+]. The number of guanidine groups is 1. The van der Waals surface area contributed by atoms with Gasteiger partial charge in [-0.3, -0.25) is 9.79 Å². The van der Waals surface area contributed by atoms with E-state index in [9.17, 15) is 0 Å². The smallest absolute Gasteiger partial charge is 0.550 e. The number of carbonyl (C=O) groups excluding carboxylic acids is 1. The van der Waals surface area contributed by atoms with Crippen molar-refractivity contribution >= 4 is 17.9 Å². The number of rotatable bonds is 11. The van der Waals surface area contributed by atoms with E-state index in [0.717, 1.165) is 26.8 Å². The van der Waals surface area contributed by atoms with Crippen LogP contribution in [0.5, 0.6) is 0 Å². The van der Waals surface area contributed by atoms with Gasteiger partial charge in [-0.2, -0.15) is 0 Å². The minimum atomic E-state index is -1.08. The van der Waals surface area contributed by atoms with E-state index in [-0.39, 0.29) is 35.5 Å². The number of unbranched alkanes of at least 4 members (excludes halogenated alkanes) is 9. The molecule has 0 aromatic rings. The maximum absolute atomic E-state index is 9.00. The average Bonchev–Trinajstić information content (AvgIpc) is 2.43. The molecule has 0 aliphatic carbocycles. The first kappa shape index (κ1) is 31.9. The van der Waals surface area contributed by atoms with Gasteiger partial charge < -0.3 is 26.5 Å². The van der Waals surface area contributed by atoms with E-state index >= 15 is 0 Å². The molecule has 0 unspecified atom stereocenters. The molecule has 0 bridgehead atoms. The summed E-state index contributed by atoms with van der Waals surface area (Å²) in [5.41, 5.74) is 10.5. The van der Waals surface area contributed by atoms with Crippen molar-refractivity contribution in [1.29, 1.82) is 0 Å². The summed E-state index contributed by atoms with van der Waals surface area (Å²) in [6.07, 6.45) is 13.5. The zero-order valence-corrected chi connectivity index (χ0v) is 18.6. The number of carboxylic acids is 2. The predicted molar refractivity (Wildman–Crippen MR) is 96.5 cm³/mol. The van der Waals surface area contributed by atoms with E-state index in [1.165, 1.54) is 57.8 Å². The Balaban J connectivity index is -0.000000205. The third kappa shape index (κ3) is 70.0. The number of hydrogen-bond donors (Lipinski definition) is 3. The fourth-order valence-corrected chi connectivity index (χ4v) is 1.81. The molecule has 0 aromatic carbocycles. The van der Waals surface area contributed by atoms with Gasteiger partial charge >= 0.3 is 29.6 Å². The molecule has 0 atom stereocenters. The molecule has 8 heteroatoms. The molecule has 25 heavy (non-hydrogen) atoms. The first-order chi connectivity index (χ1) is 11.2. The molecule has 0 saturated carbocycles. The topological polar surface area (TPSA) is 142 Å². The molecule has 0 radical (unpaired) electrons. The van der Waals surface area contributed by atoms with Crippen molar-refractivity contribution in [3.8, 4) is 0 Å². The number of aliphatic carboxylic acids is 2. The molecule has 0 aromatic heterocycles. The third-order valence-corrected chi connectivity index (χ3v) is 2.81. The van der Waals surface area contributed by atoms with Gasteiger partial charge in [0.25, 0.3) is 5.97 Å². The Bertz CT molecular complexity index is 303. The summed E-state index contributed by atoms with van der Waals surface area (Å²) >= 11 is 0. The zero-order chi connectivity index (χ0) is 19.2. The Morgan fingerprint density at radius 1 is 0.880 bits per heavy atom. The molecule has 0 amide bonds. The maximum Gasteiger partial charge on any atom is 1.00 e. The number of carboxylic acid groups (broad SMARTS) is 2. The van der Waals surface area contributed by atoms with Gasteiger partial charge in [-0.15, -0.1) is 0 Å². The van der Waals surface area contributed by atoms with Crippen LogP contribution >= 0.6 is 0 Å². The van der Waals surface area contributed by atoms with Crippen molar-refractivity contribution < 1.29 is 49.4 Å². The Labute approximate surface area is 174 Å². The van der Waals surface area contributed by atoms with E-state index in [4.69, 9.17) is 31.3 Å². The molecule has 0 saturated heterocycles. The number of carbonyl (C=O) groups is 2. The second-order valence-corrected chi connectivity index (χ2v) is 5.50. The molecule has 0 heterocycles. The molecule has 0 rings (SSSR count). The molecular formula is C17H36N3NaO4. The maximum atomic E-state index is 9.00. The number of hydrogen-bond acceptors (Lipinski definition) is 4. The van der Waals surface area contributed by atoms with Crippen LogP contribution in [0, 0.1) is 0 Å².